The first-order valence-electron chi connectivity index (χ1n) is 7.55. The molecule has 2 aliphatic rings. The minimum atomic E-state index is -0.289. The first-order chi connectivity index (χ1) is 10.1. The van der Waals surface area contributed by atoms with E-state index < -0.39 is 0 Å². The van der Waals surface area contributed by atoms with E-state index in [2.05, 4.69) is 5.32 Å². The molecule has 1 spiro atoms. The molecule has 2 saturated heterocycles. The molecular formula is C16H20FIN2O. The Morgan fingerprint density at radius 2 is 2.14 bits per heavy atom. The van der Waals surface area contributed by atoms with Crippen LogP contribution < -0.4 is 5.32 Å². The lowest BCUT2D eigenvalue weighted by Gasteiger charge is -2.45. The van der Waals surface area contributed by atoms with Gasteiger partial charge in [0.05, 0.1) is 5.56 Å². The summed E-state index contributed by atoms with van der Waals surface area (Å²) in [6.45, 7) is 3.74. The van der Waals surface area contributed by atoms with Crippen molar-refractivity contribution in [2.45, 2.75) is 25.7 Å². The van der Waals surface area contributed by atoms with Gasteiger partial charge in [0.1, 0.15) is 5.82 Å². The predicted molar refractivity (Wildman–Crippen MR) is 88.8 cm³/mol. The average molecular weight is 402 g/mol. The molecule has 2 fully saturated rings. The lowest BCUT2D eigenvalue weighted by atomic mass is 9.74. The molecular weight excluding hydrogens is 382 g/mol. The summed E-state index contributed by atoms with van der Waals surface area (Å²) in [7, 11) is 0. The lowest BCUT2D eigenvalue weighted by Crippen LogP contribution is -2.52. The second kappa shape index (κ2) is 6.20. The normalized spacial score (nSPS) is 26.1. The van der Waals surface area contributed by atoms with Crippen molar-refractivity contribution in [2.24, 2.45) is 5.41 Å². The average Bonchev–Trinajstić information content (AvgIpc) is 2.47. The van der Waals surface area contributed by atoms with Crippen molar-refractivity contribution in [1.29, 1.82) is 0 Å². The molecule has 0 aromatic heterocycles. The number of amides is 1. The topological polar surface area (TPSA) is 32.3 Å². The van der Waals surface area contributed by atoms with Crippen LogP contribution in [0.2, 0.25) is 0 Å². The monoisotopic (exact) mass is 402 g/mol. The third-order valence-electron chi connectivity index (χ3n) is 4.67. The third-order valence-corrected chi connectivity index (χ3v) is 5.56. The highest BCUT2D eigenvalue weighted by Gasteiger charge is 2.38. The number of likely N-dealkylation sites (tertiary alicyclic amines) is 1. The molecule has 0 aliphatic carbocycles. The van der Waals surface area contributed by atoms with Gasteiger partial charge >= 0.3 is 0 Å². The van der Waals surface area contributed by atoms with Crippen LogP contribution in [-0.4, -0.2) is 37.0 Å². The van der Waals surface area contributed by atoms with Crippen LogP contribution in [-0.2, 0) is 0 Å². The zero-order valence-corrected chi connectivity index (χ0v) is 14.2. The van der Waals surface area contributed by atoms with Crippen molar-refractivity contribution in [1.82, 2.24) is 10.2 Å². The summed E-state index contributed by atoms with van der Waals surface area (Å²) in [5, 5.41) is 3.47. The van der Waals surface area contributed by atoms with E-state index in [4.69, 9.17) is 0 Å². The van der Waals surface area contributed by atoms with Crippen LogP contribution in [0.25, 0.3) is 0 Å². The number of nitrogens with zero attached hydrogens (tertiary/aromatic N) is 1. The van der Waals surface area contributed by atoms with Crippen molar-refractivity contribution >= 4 is 28.5 Å². The van der Waals surface area contributed by atoms with Crippen molar-refractivity contribution in [3.8, 4) is 0 Å². The molecule has 3 rings (SSSR count). The lowest BCUT2D eigenvalue weighted by molar-refractivity contribution is 0.0433. The number of hydrogen-bond acceptors (Lipinski definition) is 2. The fourth-order valence-corrected chi connectivity index (χ4v) is 4.30. The van der Waals surface area contributed by atoms with E-state index in [9.17, 15) is 9.18 Å². The summed E-state index contributed by atoms with van der Waals surface area (Å²) in [5.41, 5.74) is 0.871. The summed E-state index contributed by atoms with van der Waals surface area (Å²) in [6.07, 6.45) is 4.65. The molecule has 0 radical (unpaired) electrons. The quantitative estimate of drug-likeness (QED) is 0.733. The molecule has 0 bridgehead atoms. The summed E-state index contributed by atoms with van der Waals surface area (Å²) in [6, 6.07) is 4.41. The van der Waals surface area contributed by atoms with Crippen molar-refractivity contribution in [3.63, 3.8) is 0 Å². The molecule has 2 heterocycles. The Kier molecular flexibility index (Phi) is 4.49. The number of nitrogens with one attached hydrogen (secondary N) is 1. The fraction of sp³-hybridized carbons (Fsp3) is 0.562. The van der Waals surface area contributed by atoms with Gasteiger partial charge in [0.2, 0.25) is 0 Å². The van der Waals surface area contributed by atoms with E-state index in [0.29, 0.717) is 9.13 Å². The molecule has 2 aliphatic heterocycles. The van der Waals surface area contributed by atoms with Crippen LogP contribution in [0.4, 0.5) is 4.39 Å². The van der Waals surface area contributed by atoms with Gasteiger partial charge in [0.25, 0.3) is 5.91 Å². The minimum absolute atomic E-state index is 0.0454. The van der Waals surface area contributed by atoms with Gasteiger partial charge in [-0.2, -0.15) is 0 Å². The smallest absolute Gasteiger partial charge is 0.254 e. The van der Waals surface area contributed by atoms with Gasteiger partial charge < -0.3 is 10.2 Å². The second-order valence-corrected chi connectivity index (χ2v) is 7.40. The molecule has 0 saturated carbocycles. The van der Waals surface area contributed by atoms with Gasteiger partial charge in [-0.05, 0) is 73.0 Å². The first kappa shape index (κ1) is 15.2. The van der Waals surface area contributed by atoms with Gasteiger partial charge in [-0.15, -0.1) is 0 Å². The van der Waals surface area contributed by atoms with Gasteiger partial charge in [0.15, 0.2) is 0 Å². The Labute approximate surface area is 138 Å². The SMILES string of the molecule is O=C(c1ccc(F)cc1I)N1CCCC2(CCCNC2)C1. The highest BCUT2D eigenvalue weighted by Crippen LogP contribution is 2.36. The van der Waals surface area contributed by atoms with E-state index >= 15 is 0 Å². The van der Waals surface area contributed by atoms with Crippen molar-refractivity contribution < 1.29 is 9.18 Å². The zero-order chi connectivity index (χ0) is 14.9. The van der Waals surface area contributed by atoms with Crippen LogP contribution in [0.15, 0.2) is 18.2 Å². The van der Waals surface area contributed by atoms with Gasteiger partial charge in [-0.1, -0.05) is 0 Å². The Balaban J connectivity index is 1.77. The molecule has 1 aromatic carbocycles. The molecule has 3 nitrogen and oxygen atoms in total. The van der Waals surface area contributed by atoms with Crippen LogP contribution >= 0.6 is 22.6 Å². The summed E-state index contributed by atoms with van der Waals surface area (Å²) in [4.78, 5) is 14.7. The molecule has 1 amide bonds. The van der Waals surface area contributed by atoms with E-state index in [1.165, 1.54) is 31.4 Å². The molecule has 1 aromatic rings. The maximum Gasteiger partial charge on any atom is 0.254 e. The standard InChI is InChI=1S/C16H20FIN2O/c17-12-3-4-13(14(18)9-12)15(21)20-8-2-6-16(11-20)5-1-7-19-10-16/h3-4,9,19H,1-2,5-8,10-11H2. The Bertz CT molecular complexity index is 538. The largest absolute Gasteiger partial charge is 0.338 e. The van der Waals surface area contributed by atoms with Gasteiger partial charge in [-0.25, -0.2) is 4.39 Å². The maximum absolute atomic E-state index is 13.2. The zero-order valence-electron chi connectivity index (χ0n) is 12.0. The number of carbonyl (C=O) groups excluding carboxylic acids is 1. The molecule has 21 heavy (non-hydrogen) atoms. The van der Waals surface area contributed by atoms with E-state index in [1.54, 1.807) is 6.07 Å². The van der Waals surface area contributed by atoms with Crippen LogP contribution in [0.1, 0.15) is 36.0 Å². The fourth-order valence-electron chi connectivity index (χ4n) is 3.59. The number of benzene rings is 1. The van der Waals surface area contributed by atoms with Gasteiger partial charge in [-0.3, -0.25) is 4.79 Å². The molecule has 114 valence electrons. The van der Waals surface area contributed by atoms with Crippen LogP contribution in [0.5, 0.6) is 0 Å². The molecule has 1 N–H and O–H groups in total. The number of hydrogen-bond donors (Lipinski definition) is 1. The van der Waals surface area contributed by atoms with Crippen molar-refractivity contribution in [2.75, 3.05) is 26.2 Å². The molecule has 1 unspecified atom stereocenters. The highest BCUT2D eigenvalue weighted by molar-refractivity contribution is 14.1. The highest BCUT2D eigenvalue weighted by atomic mass is 127. The number of piperidine rings is 2. The Morgan fingerprint density at radius 1 is 1.33 bits per heavy atom. The Morgan fingerprint density at radius 3 is 2.86 bits per heavy atom. The maximum atomic E-state index is 13.2. The molecule has 1 atom stereocenters. The minimum Gasteiger partial charge on any atom is -0.338 e. The number of halogens is 2. The van der Waals surface area contributed by atoms with Gasteiger partial charge in [0, 0.05) is 28.6 Å². The van der Waals surface area contributed by atoms with E-state index in [1.807, 2.05) is 27.5 Å². The summed E-state index contributed by atoms with van der Waals surface area (Å²) in [5.74, 6) is -0.244. The second-order valence-electron chi connectivity index (χ2n) is 6.23. The first-order valence-corrected chi connectivity index (χ1v) is 8.63. The number of carbonyl (C=O) groups is 1. The van der Waals surface area contributed by atoms with Crippen molar-refractivity contribution in [3.05, 3.63) is 33.1 Å². The predicted octanol–water partition coefficient (Wildman–Crippen LogP) is 3.04. The third kappa shape index (κ3) is 3.23. The van der Waals surface area contributed by atoms with E-state index in [0.717, 1.165) is 32.6 Å². The van der Waals surface area contributed by atoms with E-state index in [-0.39, 0.29) is 17.1 Å². The van der Waals surface area contributed by atoms with Crippen LogP contribution in [0, 0.1) is 14.8 Å². The number of rotatable bonds is 1. The Hall–Kier alpha value is -0.690. The summed E-state index contributed by atoms with van der Waals surface area (Å²) < 4.78 is 13.9. The van der Waals surface area contributed by atoms with Crippen LogP contribution in [0.3, 0.4) is 0 Å². The molecule has 5 heteroatoms. The summed E-state index contributed by atoms with van der Waals surface area (Å²) >= 11 is 2.04.